The second-order valence-electron chi connectivity index (χ2n) is 4.63. The van der Waals surface area contributed by atoms with Gasteiger partial charge in [0, 0.05) is 24.6 Å². The van der Waals surface area contributed by atoms with Crippen LogP contribution < -0.4 is 10.1 Å². The average molecular weight is 237 g/mol. The maximum Gasteiger partial charge on any atom is 0.123 e. The van der Waals surface area contributed by atoms with E-state index < -0.39 is 0 Å². The van der Waals surface area contributed by atoms with Crippen molar-refractivity contribution < 1.29 is 9.84 Å². The molecule has 0 aliphatic rings. The Balaban J connectivity index is 2.51. The number of hydrogen-bond donors (Lipinski definition) is 2. The van der Waals surface area contributed by atoms with E-state index in [0.29, 0.717) is 19.1 Å². The third kappa shape index (κ3) is 5.71. The first-order chi connectivity index (χ1) is 8.09. The number of benzene rings is 1. The topological polar surface area (TPSA) is 41.5 Å². The van der Waals surface area contributed by atoms with Crippen LogP contribution in [0.3, 0.4) is 0 Å². The number of ether oxygens (including phenoxy) is 1. The van der Waals surface area contributed by atoms with Crippen LogP contribution in [-0.2, 0) is 6.54 Å². The molecule has 0 aliphatic carbocycles. The molecule has 1 aromatic rings. The predicted octanol–water partition coefficient (Wildman–Crippen LogP) is 2.33. The molecule has 0 aliphatic heterocycles. The van der Waals surface area contributed by atoms with Gasteiger partial charge in [-0.1, -0.05) is 32.0 Å². The van der Waals surface area contributed by atoms with Crippen molar-refractivity contribution in [1.29, 1.82) is 0 Å². The van der Waals surface area contributed by atoms with Gasteiger partial charge in [-0.05, 0) is 13.0 Å². The van der Waals surface area contributed by atoms with Crippen LogP contribution in [0, 0.1) is 0 Å². The van der Waals surface area contributed by atoms with Crippen molar-refractivity contribution >= 4 is 0 Å². The Morgan fingerprint density at radius 1 is 1.24 bits per heavy atom. The number of rotatable bonds is 7. The van der Waals surface area contributed by atoms with Crippen molar-refractivity contribution in [2.24, 2.45) is 0 Å². The van der Waals surface area contributed by atoms with Crippen molar-refractivity contribution in [2.45, 2.75) is 45.9 Å². The molecule has 1 aromatic carbocycles. The molecule has 1 rings (SSSR count). The van der Waals surface area contributed by atoms with Crippen LogP contribution in [0.2, 0.25) is 0 Å². The first-order valence-corrected chi connectivity index (χ1v) is 6.21. The molecule has 0 saturated carbocycles. The van der Waals surface area contributed by atoms with Crippen LogP contribution in [0.15, 0.2) is 24.3 Å². The Kier molecular flexibility index (Phi) is 6.01. The first kappa shape index (κ1) is 14.0. The molecule has 0 heterocycles. The minimum absolute atomic E-state index is 0.309. The van der Waals surface area contributed by atoms with Crippen LogP contribution in [0.25, 0.3) is 0 Å². The highest BCUT2D eigenvalue weighted by Gasteiger charge is 2.04. The van der Waals surface area contributed by atoms with Crippen molar-refractivity contribution in [3.63, 3.8) is 0 Å². The van der Waals surface area contributed by atoms with E-state index in [0.717, 1.165) is 17.9 Å². The lowest BCUT2D eigenvalue weighted by atomic mass is 10.2. The van der Waals surface area contributed by atoms with Gasteiger partial charge in [0.25, 0.3) is 0 Å². The molecule has 0 aromatic heterocycles. The Hall–Kier alpha value is -1.06. The molecular weight excluding hydrogens is 214 g/mol. The Morgan fingerprint density at radius 2 is 1.94 bits per heavy atom. The predicted molar refractivity (Wildman–Crippen MR) is 70.2 cm³/mol. The summed E-state index contributed by atoms with van der Waals surface area (Å²) < 4.78 is 5.68. The van der Waals surface area contributed by atoms with E-state index in [9.17, 15) is 5.11 Å². The molecule has 0 spiro atoms. The highest BCUT2D eigenvalue weighted by molar-refractivity contribution is 5.33. The van der Waals surface area contributed by atoms with Gasteiger partial charge in [-0.3, -0.25) is 0 Å². The number of para-hydroxylation sites is 1. The van der Waals surface area contributed by atoms with E-state index in [2.05, 4.69) is 25.2 Å². The molecule has 1 unspecified atom stereocenters. The lowest BCUT2D eigenvalue weighted by Crippen LogP contribution is -2.22. The summed E-state index contributed by atoms with van der Waals surface area (Å²) in [4.78, 5) is 0. The van der Waals surface area contributed by atoms with Gasteiger partial charge in [0.05, 0.1) is 12.7 Å². The first-order valence-electron chi connectivity index (χ1n) is 6.21. The minimum atomic E-state index is -0.309. The fourth-order valence-electron chi connectivity index (χ4n) is 1.44. The van der Waals surface area contributed by atoms with Gasteiger partial charge in [0.2, 0.25) is 0 Å². The third-order valence-corrected chi connectivity index (χ3v) is 2.47. The van der Waals surface area contributed by atoms with Crippen LogP contribution in [0.1, 0.15) is 32.8 Å². The summed E-state index contributed by atoms with van der Waals surface area (Å²) in [6, 6.07) is 8.47. The van der Waals surface area contributed by atoms with Crippen molar-refractivity contribution in [2.75, 3.05) is 6.61 Å². The smallest absolute Gasteiger partial charge is 0.123 e. The molecule has 0 saturated heterocycles. The van der Waals surface area contributed by atoms with Crippen LogP contribution in [0.4, 0.5) is 0 Å². The molecule has 2 N–H and O–H groups in total. The standard InChI is InChI=1S/C14H23NO2/c1-11(2)15-10-13-6-4-5-7-14(13)17-9-8-12(3)16/h4-7,11-12,15-16H,8-10H2,1-3H3. The van der Waals surface area contributed by atoms with Gasteiger partial charge in [-0.15, -0.1) is 0 Å². The summed E-state index contributed by atoms with van der Waals surface area (Å²) in [5, 5.41) is 12.6. The summed E-state index contributed by atoms with van der Waals surface area (Å²) in [7, 11) is 0. The Morgan fingerprint density at radius 3 is 2.59 bits per heavy atom. The zero-order valence-corrected chi connectivity index (χ0v) is 10.9. The SMILES string of the molecule is CC(O)CCOc1ccccc1CNC(C)C. The quantitative estimate of drug-likeness (QED) is 0.765. The van der Waals surface area contributed by atoms with Gasteiger partial charge >= 0.3 is 0 Å². The van der Waals surface area contributed by atoms with E-state index in [-0.39, 0.29) is 6.10 Å². The summed E-state index contributed by atoms with van der Waals surface area (Å²) in [6.07, 6.45) is 0.349. The molecule has 1 atom stereocenters. The monoisotopic (exact) mass is 237 g/mol. The summed E-state index contributed by atoms with van der Waals surface area (Å²) in [5.41, 5.74) is 1.16. The fourth-order valence-corrected chi connectivity index (χ4v) is 1.44. The molecule has 3 heteroatoms. The summed E-state index contributed by atoms with van der Waals surface area (Å²) in [6.45, 7) is 7.38. The number of aliphatic hydroxyl groups is 1. The summed E-state index contributed by atoms with van der Waals surface area (Å²) >= 11 is 0. The van der Waals surface area contributed by atoms with E-state index >= 15 is 0 Å². The van der Waals surface area contributed by atoms with Gasteiger partial charge in [0.1, 0.15) is 5.75 Å². The molecule has 0 amide bonds. The number of aliphatic hydroxyl groups excluding tert-OH is 1. The summed E-state index contributed by atoms with van der Waals surface area (Å²) in [5.74, 6) is 0.904. The van der Waals surface area contributed by atoms with Crippen LogP contribution >= 0.6 is 0 Å². The van der Waals surface area contributed by atoms with Gasteiger partial charge in [0.15, 0.2) is 0 Å². The van der Waals surface area contributed by atoms with E-state index in [1.165, 1.54) is 0 Å². The normalized spacial score (nSPS) is 12.8. The maximum atomic E-state index is 9.18. The highest BCUT2D eigenvalue weighted by Crippen LogP contribution is 2.18. The third-order valence-electron chi connectivity index (χ3n) is 2.47. The van der Waals surface area contributed by atoms with Gasteiger partial charge in [-0.25, -0.2) is 0 Å². The maximum absolute atomic E-state index is 9.18. The minimum Gasteiger partial charge on any atom is -0.493 e. The molecule has 0 bridgehead atoms. The fraction of sp³-hybridized carbons (Fsp3) is 0.571. The lowest BCUT2D eigenvalue weighted by Gasteiger charge is -2.14. The second kappa shape index (κ2) is 7.30. The lowest BCUT2D eigenvalue weighted by molar-refractivity contribution is 0.155. The molecular formula is C14H23NO2. The molecule has 96 valence electrons. The van der Waals surface area contributed by atoms with E-state index in [1.54, 1.807) is 6.92 Å². The van der Waals surface area contributed by atoms with Crippen LogP contribution in [-0.4, -0.2) is 23.9 Å². The number of hydrogen-bond acceptors (Lipinski definition) is 3. The van der Waals surface area contributed by atoms with Crippen LogP contribution in [0.5, 0.6) is 5.75 Å². The molecule has 0 radical (unpaired) electrons. The number of nitrogens with one attached hydrogen (secondary N) is 1. The Labute approximate surface area is 104 Å². The molecule has 0 fully saturated rings. The molecule has 3 nitrogen and oxygen atoms in total. The zero-order chi connectivity index (χ0) is 12.7. The average Bonchev–Trinajstić information content (AvgIpc) is 2.27. The van der Waals surface area contributed by atoms with Gasteiger partial charge < -0.3 is 15.2 Å². The Bertz CT molecular complexity index is 324. The van der Waals surface area contributed by atoms with Gasteiger partial charge in [-0.2, -0.15) is 0 Å². The van der Waals surface area contributed by atoms with Crippen molar-refractivity contribution in [3.8, 4) is 5.75 Å². The molecule has 17 heavy (non-hydrogen) atoms. The van der Waals surface area contributed by atoms with Crippen molar-refractivity contribution in [1.82, 2.24) is 5.32 Å². The van der Waals surface area contributed by atoms with E-state index in [1.807, 2.05) is 18.2 Å². The second-order valence-corrected chi connectivity index (χ2v) is 4.63. The highest BCUT2D eigenvalue weighted by atomic mass is 16.5. The van der Waals surface area contributed by atoms with E-state index in [4.69, 9.17) is 4.74 Å². The largest absolute Gasteiger partial charge is 0.493 e. The zero-order valence-electron chi connectivity index (χ0n) is 10.9. The van der Waals surface area contributed by atoms with Crippen molar-refractivity contribution in [3.05, 3.63) is 29.8 Å².